The number of nitrogens with zero attached hydrogens (tertiary/aromatic N) is 2. The van der Waals surface area contributed by atoms with Gasteiger partial charge in [0.2, 0.25) is 11.7 Å². The Balaban J connectivity index is 1.55. The average Bonchev–Trinajstić information content (AvgIpc) is 3.01. The second kappa shape index (κ2) is 5.42. The van der Waals surface area contributed by atoms with Gasteiger partial charge in [-0.3, -0.25) is 0 Å². The Hall–Kier alpha value is -0.990. The summed E-state index contributed by atoms with van der Waals surface area (Å²) in [5.74, 6) is 2.01. The minimum atomic E-state index is -2.86. The molecule has 2 heterocycles. The van der Waals surface area contributed by atoms with Gasteiger partial charge >= 0.3 is 0 Å². The summed E-state index contributed by atoms with van der Waals surface area (Å²) in [6.07, 6.45) is 2.84. The molecular weight excluding hydrogens is 282 g/mol. The maximum absolute atomic E-state index is 11.4. The Morgan fingerprint density at radius 3 is 2.85 bits per heavy atom. The third-order valence-electron chi connectivity index (χ3n) is 3.82. The fourth-order valence-electron chi connectivity index (χ4n) is 2.55. The minimum Gasteiger partial charge on any atom is -0.373 e. The summed E-state index contributed by atoms with van der Waals surface area (Å²) < 4.78 is 33.3. The topological polar surface area (TPSA) is 94.3 Å². The maximum atomic E-state index is 11.4. The molecule has 0 radical (unpaired) electrons. The summed E-state index contributed by atoms with van der Waals surface area (Å²) in [6, 6.07) is -0.0167. The molecule has 0 aromatic carbocycles. The molecule has 0 bridgehead atoms. The molecule has 1 saturated carbocycles. The van der Waals surface area contributed by atoms with Crippen molar-refractivity contribution in [2.45, 2.75) is 38.0 Å². The third kappa shape index (κ3) is 3.18. The van der Waals surface area contributed by atoms with Crippen LogP contribution in [0.25, 0.3) is 0 Å². The van der Waals surface area contributed by atoms with E-state index in [0.29, 0.717) is 30.6 Å². The first kappa shape index (κ1) is 14.0. The lowest BCUT2D eigenvalue weighted by molar-refractivity contribution is 0.0751. The zero-order chi connectivity index (χ0) is 14.2. The molecule has 3 rings (SSSR count). The summed E-state index contributed by atoms with van der Waals surface area (Å²) in [7, 11) is -1.21. The van der Waals surface area contributed by atoms with E-state index in [1.807, 2.05) is 0 Å². The predicted molar refractivity (Wildman–Crippen MR) is 70.7 cm³/mol. The number of hydrogen-bond donors (Lipinski definition) is 1. The van der Waals surface area contributed by atoms with E-state index in [4.69, 9.17) is 9.26 Å². The smallest absolute Gasteiger partial charge is 0.240 e. The van der Waals surface area contributed by atoms with Crippen LogP contribution in [0.5, 0.6) is 0 Å². The second-order valence-electron chi connectivity index (χ2n) is 5.52. The largest absolute Gasteiger partial charge is 0.373 e. The lowest BCUT2D eigenvalue weighted by atomic mass is 10.2. The van der Waals surface area contributed by atoms with Gasteiger partial charge in [-0.25, -0.2) is 8.42 Å². The zero-order valence-electron chi connectivity index (χ0n) is 11.4. The van der Waals surface area contributed by atoms with Crippen LogP contribution in [0.2, 0.25) is 0 Å². The molecule has 0 spiro atoms. The second-order valence-corrected chi connectivity index (χ2v) is 7.75. The Morgan fingerprint density at radius 2 is 2.25 bits per heavy atom. The highest BCUT2D eigenvalue weighted by molar-refractivity contribution is 7.91. The van der Waals surface area contributed by atoms with E-state index in [1.165, 1.54) is 0 Å². The highest BCUT2D eigenvalue weighted by atomic mass is 32.2. The van der Waals surface area contributed by atoms with E-state index in [0.717, 1.165) is 12.8 Å². The first-order valence-corrected chi connectivity index (χ1v) is 8.68. The van der Waals surface area contributed by atoms with Crippen molar-refractivity contribution >= 4 is 9.84 Å². The van der Waals surface area contributed by atoms with E-state index < -0.39 is 9.84 Å². The van der Waals surface area contributed by atoms with Crippen LogP contribution in [-0.4, -0.2) is 43.2 Å². The number of rotatable bonds is 6. The average molecular weight is 301 g/mol. The molecule has 2 aliphatic rings. The third-order valence-corrected chi connectivity index (χ3v) is 5.58. The molecule has 2 fully saturated rings. The molecule has 8 heteroatoms. The Morgan fingerprint density at radius 1 is 1.45 bits per heavy atom. The van der Waals surface area contributed by atoms with E-state index in [2.05, 4.69) is 15.5 Å². The van der Waals surface area contributed by atoms with Crippen molar-refractivity contribution in [1.29, 1.82) is 0 Å². The molecule has 7 nitrogen and oxygen atoms in total. The zero-order valence-corrected chi connectivity index (χ0v) is 12.2. The summed E-state index contributed by atoms with van der Waals surface area (Å²) >= 11 is 0. The van der Waals surface area contributed by atoms with Crippen LogP contribution in [0.4, 0.5) is 0 Å². The highest BCUT2D eigenvalue weighted by Gasteiger charge is 2.35. The lowest BCUT2D eigenvalue weighted by Crippen LogP contribution is -2.29. The quantitative estimate of drug-likeness (QED) is 0.814. The van der Waals surface area contributed by atoms with Crippen molar-refractivity contribution in [3.63, 3.8) is 0 Å². The number of methoxy groups -OCH3 is 1. The van der Waals surface area contributed by atoms with E-state index in [-0.39, 0.29) is 23.7 Å². The van der Waals surface area contributed by atoms with E-state index >= 15 is 0 Å². The standard InChI is InChI=1S/C12H19N3O4S/c1-18-11(8-2-3-8)12-14-10(19-15-12)6-13-9-4-5-20(16,17)7-9/h8-9,11,13H,2-7H2,1H3. The van der Waals surface area contributed by atoms with Gasteiger partial charge < -0.3 is 14.6 Å². The van der Waals surface area contributed by atoms with Crippen molar-refractivity contribution in [1.82, 2.24) is 15.5 Å². The molecule has 0 amide bonds. The Kier molecular flexibility index (Phi) is 3.78. The van der Waals surface area contributed by atoms with Gasteiger partial charge in [0.1, 0.15) is 6.10 Å². The fourth-order valence-corrected chi connectivity index (χ4v) is 4.26. The molecule has 2 atom stereocenters. The number of sulfone groups is 1. The van der Waals surface area contributed by atoms with Crippen molar-refractivity contribution < 1.29 is 17.7 Å². The summed E-state index contributed by atoms with van der Waals surface area (Å²) in [5, 5.41) is 7.11. The van der Waals surface area contributed by atoms with Gasteiger partial charge in [-0.1, -0.05) is 5.16 Å². The molecule has 20 heavy (non-hydrogen) atoms. The molecule has 1 aromatic rings. The Labute approximate surface area is 118 Å². The number of ether oxygens (including phenoxy) is 1. The summed E-state index contributed by atoms with van der Waals surface area (Å²) in [6.45, 7) is 0.397. The predicted octanol–water partition coefficient (Wildman–Crippen LogP) is 0.444. The monoisotopic (exact) mass is 301 g/mol. The van der Waals surface area contributed by atoms with Gasteiger partial charge in [0, 0.05) is 13.2 Å². The van der Waals surface area contributed by atoms with Crippen LogP contribution in [0.15, 0.2) is 4.52 Å². The fraction of sp³-hybridized carbons (Fsp3) is 0.833. The maximum Gasteiger partial charge on any atom is 0.240 e. The molecule has 1 aliphatic heterocycles. The molecule has 1 N–H and O–H groups in total. The van der Waals surface area contributed by atoms with Crippen molar-refractivity contribution in [2.75, 3.05) is 18.6 Å². The number of nitrogens with one attached hydrogen (secondary N) is 1. The SMILES string of the molecule is COC(c1noc(CNC2CCS(=O)(=O)C2)n1)C1CC1. The van der Waals surface area contributed by atoms with Crippen LogP contribution >= 0.6 is 0 Å². The van der Waals surface area contributed by atoms with Gasteiger partial charge in [-0.05, 0) is 25.2 Å². The van der Waals surface area contributed by atoms with Crippen molar-refractivity contribution in [2.24, 2.45) is 5.92 Å². The van der Waals surface area contributed by atoms with Gasteiger partial charge in [0.25, 0.3) is 0 Å². The minimum absolute atomic E-state index is 0.0167. The van der Waals surface area contributed by atoms with Crippen molar-refractivity contribution in [3.05, 3.63) is 11.7 Å². The van der Waals surface area contributed by atoms with Gasteiger partial charge in [0.15, 0.2) is 9.84 Å². The number of hydrogen-bond acceptors (Lipinski definition) is 7. The van der Waals surface area contributed by atoms with Gasteiger partial charge in [-0.15, -0.1) is 0 Å². The van der Waals surface area contributed by atoms with Crippen LogP contribution in [-0.2, 0) is 21.1 Å². The van der Waals surface area contributed by atoms with Crippen LogP contribution < -0.4 is 5.32 Å². The molecular formula is C12H19N3O4S. The van der Waals surface area contributed by atoms with E-state index in [1.54, 1.807) is 7.11 Å². The molecule has 2 unspecified atom stereocenters. The van der Waals surface area contributed by atoms with Gasteiger partial charge in [-0.2, -0.15) is 4.98 Å². The Bertz CT molecular complexity index is 567. The lowest BCUT2D eigenvalue weighted by Gasteiger charge is -2.08. The molecule has 1 aliphatic carbocycles. The summed E-state index contributed by atoms with van der Waals surface area (Å²) in [5.41, 5.74) is 0. The normalized spacial score (nSPS) is 26.8. The van der Waals surface area contributed by atoms with Crippen LogP contribution in [0, 0.1) is 5.92 Å². The molecule has 112 valence electrons. The summed E-state index contributed by atoms with van der Waals surface area (Å²) in [4.78, 5) is 4.33. The van der Waals surface area contributed by atoms with Gasteiger partial charge in [0.05, 0.1) is 18.1 Å². The first-order chi connectivity index (χ1) is 9.57. The molecule has 1 saturated heterocycles. The van der Waals surface area contributed by atoms with Crippen LogP contribution in [0.1, 0.15) is 37.1 Å². The van der Waals surface area contributed by atoms with Crippen molar-refractivity contribution in [3.8, 4) is 0 Å². The molecule has 1 aromatic heterocycles. The van der Waals surface area contributed by atoms with E-state index in [9.17, 15) is 8.42 Å². The van der Waals surface area contributed by atoms with Crippen LogP contribution in [0.3, 0.4) is 0 Å². The number of aromatic nitrogens is 2. The highest BCUT2D eigenvalue weighted by Crippen LogP contribution is 2.41. The first-order valence-electron chi connectivity index (χ1n) is 6.86.